The van der Waals surface area contributed by atoms with Crippen LogP contribution in [0, 0.1) is 11.7 Å². The molecule has 3 nitrogen and oxygen atoms in total. The topological polar surface area (TPSA) is 30.5 Å². The Balaban J connectivity index is 1.91. The summed E-state index contributed by atoms with van der Waals surface area (Å²) in [4.78, 5) is 0. The van der Waals surface area contributed by atoms with E-state index in [0.717, 1.165) is 31.7 Å². The van der Waals surface area contributed by atoms with E-state index in [1.54, 1.807) is 6.07 Å². The normalized spacial score (nSPS) is 20.9. The Hall–Kier alpha value is -1.13. The highest BCUT2D eigenvalue weighted by atomic mass is 19.1. The summed E-state index contributed by atoms with van der Waals surface area (Å²) in [7, 11) is 1.47. The van der Waals surface area contributed by atoms with Crippen LogP contribution in [0.2, 0.25) is 0 Å². The van der Waals surface area contributed by atoms with Crippen LogP contribution in [0.3, 0.4) is 0 Å². The molecule has 4 heteroatoms. The summed E-state index contributed by atoms with van der Waals surface area (Å²) >= 11 is 0. The average Bonchev–Trinajstić information content (AvgIpc) is 2.89. The SMILES string of the molecule is COc1ccc(C(C)NCC2CCOC2)cc1F. The molecule has 0 aliphatic carbocycles. The molecule has 0 radical (unpaired) electrons. The molecular weight excluding hydrogens is 233 g/mol. The molecule has 1 aliphatic rings. The van der Waals surface area contributed by atoms with E-state index in [1.165, 1.54) is 13.2 Å². The van der Waals surface area contributed by atoms with Gasteiger partial charge in [-0.3, -0.25) is 0 Å². The maximum atomic E-state index is 13.6. The fourth-order valence-corrected chi connectivity index (χ4v) is 2.16. The van der Waals surface area contributed by atoms with Crippen LogP contribution in [0.1, 0.15) is 24.9 Å². The van der Waals surface area contributed by atoms with Gasteiger partial charge < -0.3 is 14.8 Å². The number of rotatable bonds is 5. The zero-order valence-electron chi connectivity index (χ0n) is 10.9. The Morgan fingerprint density at radius 2 is 2.39 bits per heavy atom. The van der Waals surface area contributed by atoms with Gasteiger partial charge in [0.05, 0.1) is 13.7 Å². The highest BCUT2D eigenvalue weighted by Crippen LogP contribution is 2.22. The van der Waals surface area contributed by atoms with Crippen LogP contribution in [0.4, 0.5) is 4.39 Å². The first-order chi connectivity index (χ1) is 8.70. The smallest absolute Gasteiger partial charge is 0.165 e. The molecule has 1 N–H and O–H groups in total. The van der Waals surface area contributed by atoms with Crippen LogP contribution >= 0.6 is 0 Å². The maximum Gasteiger partial charge on any atom is 0.165 e. The molecule has 0 aromatic heterocycles. The van der Waals surface area contributed by atoms with Gasteiger partial charge >= 0.3 is 0 Å². The maximum absolute atomic E-state index is 13.6. The minimum absolute atomic E-state index is 0.131. The summed E-state index contributed by atoms with van der Waals surface area (Å²) in [6.07, 6.45) is 1.11. The summed E-state index contributed by atoms with van der Waals surface area (Å²) in [5, 5.41) is 3.42. The van der Waals surface area contributed by atoms with Crippen LogP contribution in [0.15, 0.2) is 18.2 Å². The Morgan fingerprint density at radius 1 is 1.56 bits per heavy atom. The first-order valence-electron chi connectivity index (χ1n) is 6.35. The molecule has 2 atom stereocenters. The summed E-state index contributed by atoms with van der Waals surface area (Å²) < 4.78 is 23.8. The summed E-state index contributed by atoms with van der Waals surface area (Å²) in [6.45, 7) is 4.64. The molecule has 100 valence electrons. The Morgan fingerprint density at radius 3 is 3.00 bits per heavy atom. The number of ether oxygens (including phenoxy) is 2. The van der Waals surface area contributed by atoms with Crippen LogP contribution in [-0.2, 0) is 4.74 Å². The second-order valence-electron chi connectivity index (χ2n) is 4.75. The highest BCUT2D eigenvalue weighted by Gasteiger charge is 2.17. The average molecular weight is 253 g/mol. The predicted octanol–water partition coefficient (Wildman–Crippen LogP) is 2.52. The third-order valence-corrected chi connectivity index (χ3v) is 3.41. The van der Waals surface area contributed by atoms with Crippen molar-refractivity contribution in [2.24, 2.45) is 5.92 Å². The molecule has 0 amide bonds. The third-order valence-electron chi connectivity index (χ3n) is 3.41. The Bertz CT molecular complexity index is 391. The van der Waals surface area contributed by atoms with Crippen molar-refractivity contribution in [1.29, 1.82) is 0 Å². The van der Waals surface area contributed by atoms with Gasteiger partial charge in [-0.25, -0.2) is 4.39 Å². The Labute approximate surface area is 107 Å². The van der Waals surface area contributed by atoms with E-state index >= 15 is 0 Å². The van der Waals surface area contributed by atoms with E-state index in [1.807, 2.05) is 13.0 Å². The van der Waals surface area contributed by atoms with Crippen LogP contribution < -0.4 is 10.1 Å². The monoisotopic (exact) mass is 253 g/mol. The van der Waals surface area contributed by atoms with Gasteiger partial charge in [0.15, 0.2) is 11.6 Å². The summed E-state index contributed by atoms with van der Waals surface area (Å²) in [6, 6.07) is 5.22. The van der Waals surface area contributed by atoms with Crippen molar-refractivity contribution in [1.82, 2.24) is 5.32 Å². The number of halogens is 1. The molecule has 1 saturated heterocycles. The fraction of sp³-hybridized carbons (Fsp3) is 0.571. The lowest BCUT2D eigenvalue weighted by Crippen LogP contribution is -2.26. The van der Waals surface area contributed by atoms with Gasteiger partial charge in [0.1, 0.15) is 0 Å². The van der Waals surface area contributed by atoms with Crippen molar-refractivity contribution in [2.75, 3.05) is 26.9 Å². The van der Waals surface area contributed by atoms with E-state index in [0.29, 0.717) is 5.92 Å². The number of nitrogens with one attached hydrogen (secondary N) is 1. The second kappa shape index (κ2) is 6.16. The Kier molecular flexibility index (Phi) is 4.55. The van der Waals surface area contributed by atoms with E-state index in [-0.39, 0.29) is 17.6 Å². The molecule has 2 rings (SSSR count). The highest BCUT2D eigenvalue weighted by molar-refractivity contribution is 5.30. The molecule has 0 spiro atoms. The molecule has 0 bridgehead atoms. The van der Waals surface area contributed by atoms with Gasteiger partial charge in [-0.2, -0.15) is 0 Å². The van der Waals surface area contributed by atoms with Gasteiger partial charge in [-0.05, 0) is 37.0 Å². The molecule has 1 fully saturated rings. The predicted molar refractivity (Wildman–Crippen MR) is 68.3 cm³/mol. The number of benzene rings is 1. The van der Waals surface area contributed by atoms with Gasteiger partial charge in [0.25, 0.3) is 0 Å². The van der Waals surface area contributed by atoms with Crippen molar-refractivity contribution in [3.05, 3.63) is 29.6 Å². The van der Waals surface area contributed by atoms with Crippen LogP contribution in [0.5, 0.6) is 5.75 Å². The standard InChI is InChI=1S/C14H20FNO2/c1-10(16-8-11-5-6-18-9-11)12-3-4-14(17-2)13(15)7-12/h3-4,7,10-11,16H,5-6,8-9H2,1-2H3. The number of methoxy groups -OCH3 is 1. The lowest BCUT2D eigenvalue weighted by molar-refractivity contribution is 0.184. The van der Waals surface area contributed by atoms with Gasteiger partial charge in [0, 0.05) is 19.2 Å². The van der Waals surface area contributed by atoms with Crippen LogP contribution in [-0.4, -0.2) is 26.9 Å². The van der Waals surface area contributed by atoms with E-state index in [2.05, 4.69) is 5.32 Å². The quantitative estimate of drug-likeness (QED) is 0.874. The first kappa shape index (κ1) is 13.3. The summed E-state index contributed by atoms with van der Waals surface area (Å²) in [5.41, 5.74) is 0.937. The molecule has 1 aromatic rings. The second-order valence-corrected chi connectivity index (χ2v) is 4.75. The van der Waals surface area contributed by atoms with Gasteiger partial charge in [-0.1, -0.05) is 6.07 Å². The first-order valence-corrected chi connectivity index (χ1v) is 6.35. The van der Waals surface area contributed by atoms with Gasteiger partial charge in [-0.15, -0.1) is 0 Å². The summed E-state index contributed by atoms with van der Waals surface area (Å²) in [5.74, 6) is 0.554. The van der Waals surface area contributed by atoms with E-state index < -0.39 is 0 Å². The van der Waals surface area contributed by atoms with Crippen molar-refractivity contribution in [3.63, 3.8) is 0 Å². The van der Waals surface area contributed by atoms with Crippen molar-refractivity contribution in [3.8, 4) is 5.75 Å². The lowest BCUT2D eigenvalue weighted by atomic mass is 10.1. The molecule has 1 aliphatic heterocycles. The number of hydrogen-bond donors (Lipinski definition) is 1. The van der Waals surface area contributed by atoms with Crippen LogP contribution in [0.25, 0.3) is 0 Å². The van der Waals surface area contributed by atoms with Crippen molar-refractivity contribution < 1.29 is 13.9 Å². The molecule has 1 aromatic carbocycles. The molecular formula is C14H20FNO2. The zero-order valence-corrected chi connectivity index (χ0v) is 10.9. The third kappa shape index (κ3) is 3.21. The van der Waals surface area contributed by atoms with E-state index in [4.69, 9.17) is 9.47 Å². The van der Waals surface area contributed by atoms with E-state index in [9.17, 15) is 4.39 Å². The molecule has 18 heavy (non-hydrogen) atoms. The van der Waals surface area contributed by atoms with Crippen molar-refractivity contribution in [2.45, 2.75) is 19.4 Å². The molecule has 1 heterocycles. The minimum Gasteiger partial charge on any atom is -0.494 e. The zero-order chi connectivity index (χ0) is 13.0. The fourth-order valence-electron chi connectivity index (χ4n) is 2.16. The minimum atomic E-state index is -0.312. The van der Waals surface area contributed by atoms with Gasteiger partial charge in [0.2, 0.25) is 0 Å². The molecule has 2 unspecified atom stereocenters. The van der Waals surface area contributed by atoms with Crippen molar-refractivity contribution >= 4 is 0 Å². The lowest BCUT2D eigenvalue weighted by Gasteiger charge is -2.17. The number of hydrogen-bond acceptors (Lipinski definition) is 3. The largest absolute Gasteiger partial charge is 0.494 e. The molecule has 0 saturated carbocycles.